The van der Waals surface area contributed by atoms with Gasteiger partial charge in [-0.1, -0.05) is 12.8 Å². The molecule has 0 saturated heterocycles. The predicted molar refractivity (Wildman–Crippen MR) is 74.2 cm³/mol. The molecule has 19 heavy (non-hydrogen) atoms. The zero-order valence-corrected chi connectivity index (χ0v) is 12.0. The average molecular weight is 265 g/mol. The van der Waals surface area contributed by atoms with Gasteiger partial charge in [-0.3, -0.25) is 0 Å². The number of carbonyl (C=O) groups is 1. The van der Waals surface area contributed by atoms with Gasteiger partial charge in [-0.05, 0) is 39.5 Å². The fourth-order valence-electron chi connectivity index (χ4n) is 2.82. The topological polar surface area (TPSA) is 70.1 Å². The quantitative estimate of drug-likeness (QED) is 0.850. The summed E-state index contributed by atoms with van der Waals surface area (Å²) in [5.74, 6) is 0.632. The highest BCUT2D eigenvalue weighted by molar-refractivity contribution is 5.90. The minimum Gasteiger partial charge on any atom is -0.461 e. The van der Waals surface area contributed by atoms with Gasteiger partial charge in [0, 0.05) is 11.6 Å². The molecule has 0 aliphatic heterocycles. The number of anilines is 1. The van der Waals surface area contributed by atoms with Crippen molar-refractivity contribution >= 4 is 11.8 Å². The van der Waals surface area contributed by atoms with Crippen molar-refractivity contribution in [2.45, 2.75) is 58.4 Å². The third-order valence-electron chi connectivity index (χ3n) is 3.71. The fraction of sp³-hybridized carbons (Fsp3) is 0.714. The van der Waals surface area contributed by atoms with Crippen LogP contribution in [0.15, 0.2) is 0 Å². The molecule has 0 atom stereocenters. The van der Waals surface area contributed by atoms with Gasteiger partial charge in [0.1, 0.15) is 5.82 Å². The second-order valence-electron chi connectivity index (χ2n) is 5.39. The lowest BCUT2D eigenvalue weighted by Gasteiger charge is -2.11. The first-order valence-electron chi connectivity index (χ1n) is 7.11. The van der Waals surface area contributed by atoms with Crippen LogP contribution in [-0.4, -0.2) is 22.4 Å². The monoisotopic (exact) mass is 265 g/mol. The number of aromatic nitrogens is 2. The minimum atomic E-state index is -0.351. The van der Waals surface area contributed by atoms with Crippen molar-refractivity contribution in [1.82, 2.24) is 9.78 Å². The van der Waals surface area contributed by atoms with Gasteiger partial charge in [0.25, 0.3) is 0 Å². The Morgan fingerprint density at radius 1 is 1.47 bits per heavy atom. The Morgan fingerprint density at radius 2 is 2.11 bits per heavy atom. The number of nitrogens with zero attached hydrogens (tertiary/aromatic N) is 2. The Balaban J connectivity index is 2.44. The highest BCUT2D eigenvalue weighted by atomic mass is 16.5. The molecule has 2 N–H and O–H groups in total. The zero-order valence-electron chi connectivity index (χ0n) is 12.0. The number of carbonyl (C=O) groups excluding carboxylic acids is 1. The summed E-state index contributed by atoms with van der Waals surface area (Å²) in [6, 6.07) is 0.142. The van der Waals surface area contributed by atoms with Crippen LogP contribution in [0, 0.1) is 0 Å². The van der Waals surface area contributed by atoms with Gasteiger partial charge < -0.3 is 10.5 Å². The second kappa shape index (κ2) is 5.63. The van der Waals surface area contributed by atoms with E-state index in [-0.39, 0.29) is 12.0 Å². The Morgan fingerprint density at radius 3 is 2.63 bits per heavy atom. The summed E-state index contributed by atoms with van der Waals surface area (Å²) < 4.78 is 6.84. The standard InChI is InChI=1S/C14H23N3O2/c1-4-19-14(18)12-11(10-7-5-6-8-10)13(15)17(16-12)9(2)3/h9-10H,4-8,15H2,1-3H3. The summed E-state index contributed by atoms with van der Waals surface area (Å²) in [4.78, 5) is 12.1. The molecule has 5 heteroatoms. The number of rotatable bonds is 4. The molecule has 2 rings (SSSR count). The number of esters is 1. The number of nitrogens with two attached hydrogens (primary N) is 1. The molecular formula is C14H23N3O2. The van der Waals surface area contributed by atoms with Crippen LogP contribution in [0.3, 0.4) is 0 Å². The van der Waals surface area contributed by atoms with Crippen molar-refractivity contribution in [3.05, 3.63) is 11.3 Å². The first-order chi connectivity index (χ1) is 9.06. The van der Waals surface area contributed by atoms with Gasteiger partial charge in [-0.2, -0.15) is 5.10 Å². The van der Waals surface area contributed by atoms with E-state index in [1.54, 1.807) is 11.6 Å². The van der Waals surface area contributed by atoms with Crippen molar-refractivity contribution < 1.29 is 9.53 Å². The molecule has 0 amide bonds. The van der Waals surface area contributed by atoms with Crippen LogP contribution in [0.25, 0.3) is 0 Å². The van der Waals surface area contributed by atoms with Crippen molar-refractivity contribution in [3.8, 4) is 0 Å². The maximum absolute atomic E-state index is 12.1. The van der Waals surface area contributed by atoms with Crippen LogP contribution in [0.1, 0.15) is 74.5 Å². The van der Waals surface area contributed by atoms with Gasteiger partial charge in [-0.15, -0.1) is 0 Å². The third kappa shape index (κ3) is 2.60. The average Bonchev–Trinajstić information content (AvgIpc) is 2.95. The summed E-state index contributed by atoms with van der Waals surface area (Å²) in [5.41, 5.74) is 7.54. The van der Waals surface area contributed by atoms with E-state index < -0.39 is 0 Å². The highest BCUT2D eigenvalue weighted by Gasteiger charge is 2.30. The lowest BCUT2D eigenvalue weighted by Crippen LogP contribution is -2.10. The zero-order chi connectivity index (χ0) is 14.0. The molecule has 1 aliphatic rings. The number of hydrogen-bond donors (Lipinski definition) is 1. The van der Waals surface area contributed by atoms with Crippen molar-refractivity contribution in [1.29, 1.82) is 0 Å². The van der Waals surface area contributed by atoms with Crippen molar-refractivity contribution in [3.63, 3.8) is 0 Å². The Hall–Kier alpha value is -1.52. The van der Waals surface area contributed by atoms with Crippen LogP contribution in [0.2, 0.25) is 0 Å². The minimum absolute atomic E-state index is 0.142. The van der Waals surface area contributed by atoms with E-state index in [1.807, 2.05) is 13.8 Å². The molecule has 1 aromatic rings. The lowest BCUT2D eigenvalue weighted by molar-refractivity contribution is 0.0516. The molecule has 1 saturated carbocycles. The van der Waals surface area contributed by atoms with Crippen LogP contribution in [0.5, 0.6) is 0 Å². The molecular weight excluding hydrogens is 242 g/mol. The maximum atomic E-state index is 12.1. The van der Waals surface area contributed by atoms with Gasteiger partial charge in [0.2, 0.25) is 0 Å². The Bertz CT molecular complexity index is 460. The summed E-state index contributed by atoms with van der Waals surface area (Å²) in [6.45, 7) is 6.18. The smallest absolute Gasteiger partial charge is 0.359 e. The van der Waals surface area contributed by atoms with E-state index in [1.165, 1.54) is 12.8 Å². The van der Waals surface area contributed by atoms with Crippen molar-refractivity contribution in [2.75, 3.05) is 12.3 Å². The lowest BCUT2D eigenvalue weighted by atomic mass is 9.97. The van der Waals surface area contributed by atoms with Crippen LogP contribution in [-0.2, 0) is 4.74 Å². The first-order valence-corrected chi connectivity index (χ1v) is 7.11. The summed E-state index contributed by atoms with van der Waals surface area (Å²) in [5, 5.41) is 4.39. The summed E-state index contributed by atoms with van der Waals surface area (Å²) in [6.07, 6.45) is 4.55. The molecule has 1 fully saturated rings. The second-order valence-corrected chi connectivity index (χ2v) is 5.39. The van der Waals surface area contributed by atoms with Gasteiger partial charge in [-0.25, -0.2) is 9.48 Å². The molecule has 0 bridgehead atoms. The van der Waals surface area contributed by atoms with E-state index >= 15 is 0 Å². The molecule has 0 spiro atoms. The van der Waals surface area contributed by atoms with Crippen LogP contribution < -0.4 is 5.73 Å². The maximum Gasteiger partial charge on any atom is 0.359 e. The molecule has 1 aliphatic carbocycles. The summed E-state index contributed by atoms with van der Waals surface area (Å²) >= 11 is 0. The molecule has 1 aromatic heterocycles. The first kappa shape index (κ1) is 13.9. The highest BCUT2D eigenvalue weighted by Crippen LogP contribution is 2.39. The van der Waals surface area contributed by atoms with Crippen LogP contribution in [0.4, 0.5) is 5.82 Å². The Labute approximate surface area is 114 Å². The predicted octanol–water partition coefficient (Wildman–Crippen LogP) is 2.88. The fourth-order valence-corrected chi connectivity index (χ4v) is 2.82. The van der Waals surface area contributed by atoms with E-state index in [4.69, 9.17) is 10.5 Å². The van der Waals surface area contributed by atoms with Gasteiger partial charge in [0.05, 0.1) is 6.61 Å². The molecule has 0 unspecified atom stereocenters. The SMILES string of the molecule is CCOC(=O)c1nn(C(C)C)c(N)c1C1CCCC1. The number of hydrogen-bond acceptors (Lipinski definition) is 4. The van der Waals surface area contributed by atoms with E-state index in [2.05, 4.69) is 5.10 Å². The normalized spacial score (nSPS) is 16.2. The van der Waals surface area contributed by atoms with Crippen molar-refractivity contribution in [2.24, 2.45) is 0 Å². The Kier molecular flexibility index (Phi) is 4.12. The van der Waals surface area contributed by atoms with E-state index in [0.717, 1.165) is 18.4 Å². The number of nitrogen functional groups attached to an aromatic ring is 1. The molecule has 1 heterocycles. The molecule has 0 radical (unpaired) electrons. The van der Waals surface area contributed by atoms with E-state index in [0.29, 0.717) is 24.0 Å². The van der Waals surface area contributed by atoms with Gasteiger partial charge in [0.15, 0.2) is 5.69 Å². The third-order valence-corrected chi connectivity index (χ3v) is 3.71. The molecule has 0 aromatic carbocycles. The number of ether oxygens (including phenoxy) is 1. The van der Waals surface area contributed by atoms with Gasteiger partial charge >= 0.3 is 5.97 Å². The summed E-state index contributed by atoms with van der Waals surface area (Å²) in [7, 11) is 0. The van der Waals surface area contributed by atoms with E-state index in [9.17, 15) is 4.79 Å². The molecule has 106 valence electrons. The van der Waals surface area contributed by atoms with Crippen LogP contribution >= 0.6 is 0 Å². The largest absolute Gasteiger partial charge is 0.461 e. The molecule has 5 nitrogen and oxygen atoms in total.